The highest BCUT2D eigenvalue weighted by molar-refractivity contribution is 7.99. The van der Waals surface area contributed by atoms with Gasteiger partial charge in [0, 0.05) is 25.7 Å². The Morgan fingerprint density at radius 1 is 1.11 bits per heavy atom. The van der Waals surface area contributed by atoms with E-state index in [1.54, 1.807) is 0 Å². The van der Waals surface area contributed by atoms with Crippen LogP contribution in [-0.4, -0.2) is 46.1 Å². The molecule has 0 spiro atoms. The van der Waals surface area contributed by atoms with Gasteiger partial charge in [0.1, 0.15) is 0 Å². The number of anilines is 1. The van der Waals surface area contributed by atoms with Crippen LogP contribution in [0.5, 0.6) is 0 Å². The van der Waals surface area contributed by atoms with Gasteiger partial charge in [-0.3, -0.25) is 9.36 Å². The fraction of sp³-hybridized carbons (Fsp3) is 0.550. The van der Waals surface area contributed by atoms with Crippen molar-refractivity contribution in [2.24, 2.45) is 0 Å². The standard InChI is InChI=1S/C20H27N5OS/c26-18(21-12-11-16-7-3-1-4-8-16)15-27-20-23-22-19(25(20)17-9-10-17)24-13-5-2-6-14-24/h1,3-4,7-8,17H,2,5-6,9-15H2,(H,21,26). The zero-order valence-electron chi connectivity index (χ0n) is 15.6. The van der Waals surface area contributed by atoms with Gasteiger partial charge in [-0.2, -0.15) is 0 Å². The zero-order chi connectivity index (χ0) is 18.5. The molecule has 1 aromatic carbocycles. The van der Waals surface area contributed by atoms with Crippen LogP contribution >= 0.6 is 11.8 Å². The van der Waals surface area contributed by atoms with E-state index < -0.39 is 0 Å². The maximum Gasteiger partial charge on any atom is 0.230 e. The lowest BCUT2D eigenvalue weighted by Gasteiger charge is -2.27. The van der Waals surface area contributed by atoms with E-state index in [0.717, 1.165) is 30.6 Å². The number of nitrogens with zero attached hydrogens (tertiary/aromatic N) is 4. The lowest BCUT2D eigenvalue weighted by molar-refractivity contribution is -0.118. The topological polar surface area (TPSA) is 63.1 Å². The molecule has 1 saturated carbocycles. The van der Waals surface area contributed by atoms with Crippen LogP contribution in [0.15, 0.2) is 35.5 Å². The van der Waals surface area contributed by atoms with E-state index >= 15 is 0 Å². The van der Waals surface area contributed by atoms with Crippen molar-refractivity contribution in [1.82, 2.24) is 20.1 Å². The Morgan fingerprint density at radius 2 is 1.89 bits per heavy atom. The minimum absolute atomic E-state index is 0.0563. The molecular weight excluding hydrogens is 358 g/mol. The number of aromatic nitrogens is 3. The first-order valence-electron chi connectivity index (χ1n) is 9.94. The monoisotopic (exact) mass is 385 g/mol. The number of thioether (sulfide) groups is 1. The molecule has 1 aliphatic heterocycles. The average molecular weight is 386 g/mol. The summed E-state index contributed by atoms with van der Waals surface area (Å²) in [5.74, 6) is 1.45. The lowest BCUT2D eigenvalue weighted by Crippen LogP contribution is -2.32. The lowest BCUT2D eigenvalue weighted by atomic mass is 10.1. The first-order valence-corrected chi connectivity index (χ1v) is 10.9. The van der Waals surface area contributed by atoms with Crippen molar-refractivity contribution in [2.45, 2.75) is 49.7 Å². The van der Waals surface area contributed by atoms with Gasteiger partial charge in [0.15, 0.2) is 5.16 Å². The molecule has 1 aliphatic carbocycles. The highest BCUT2D eigenvalue weighted by atomic mass is 32.2. The molecule has 2 aliphatic rings. The SMILES string of the molecule is O=C(CSc1nnc(N2CCCCC2)n1C1CC1)NCCc1ccccc1. The predicted octanol–water partition coefficient (Wildman–Crippen LogP) is 3.05. The van der Waals surface area contributed by atoms with E-state index in [1.165, 1.54) is 49.4 Å². The maximum atomic E-state index is 12.2. The molecule has 1 saturated heterocycles. The normalized spacial score (nSPS) is 17.1. The van der Waals surface area contributed by atoms with Gasteiger partial charge in [-0.05, 0) is 44.1 Å². The fourth-order valence-electron chi connectivity index (χ4n) is 3.50. The van der Waals surface area contributed by atoms with Crippen LogP contribution in [0.3, 0.4) is 0 Å². The Morgan fingerprint density at radius 3 is 2.63 bits per heavy atom. The minimum atomic E-state index is 0.0563. The maximum absolute atomic E-state index is 12.2. The Kier molecular flexibility index (Phi) is 5.97. The van der Waals surface area contributed by atoms with Gasteiger partial charge in [0.05, 0.1) is 5.75 Å². The molecule has 27 heavy (non-hydrogen) atoms. The van der Waals surface area contributed by atoms with Gasteiger partial charge < -0.3 is 10.2 Å². The number of carbonyl (C=O) groups is 1. The van der Waals surface area contributed by atoms with Crippen molar-refractivity contribution in [3.63, 3.8) is 0 Å². The second-order valence-corrected chi connectivity index (χ2v) is 8.25. The van der Waals surface area contributed by atoms with Crippen LogP contribution < -0.4 is 10.2 Å². The number of piperidine rings is 1. The smallest absolute Gasteiger partial charge is 0.230 e. The zero-order valence-corrected chi connectivity index (χ0v) is 16.5. The van der Waals surface area contributed by atoms with Gasteiger partial charge in [0.2, 0.25) is 11.9 Å². The number of benzene rings is 1. The molecular formula is C20H27N5OS. The first kappa shape index (κ1) is 18.3. The second kappa shape index (κ2) is 8.78. The third-order valence-corrected chi connectivity index (χ3v) is 6.05. The van der Waals surface area contributed by atoms with E-state index in [-0.39, 0.29) is 5.91 Å². The number of rotatable bonds is 8. The van der Waals surface area contributed by atoms with E-state index in [9.17, 15) is 4.79 Å². The van der Waals surface area contributed by atoms with Crippen LogP contribution in [0.25, 0.3) is 0 Å². The predicted molar refractivity (Wildman–Crippen MR) is 108 cm³/mol. The quantitative estimate of drug-likeness (QED) is 0.708. The molecule has 6 nitrogen and oxygen atoms in total. The summed E-state index contributed by atoms with van der Waals surface area (Å²) in [5, 5.41) is 12.8. The molecule has 0 radical (unpaired) electrons. The Labute approximate surface area is 164 Å². The fourth-order valence-corrected chi connectivity index (χ4v) is 4.33. The van der Waals surface area contributed by atoms with Crippen LogP contribution in [0.1, 0.15) is 43.7 Å². The van der Waals surface area contributed by atoms with Gasteiger partial charge in [0.25, 0.3) is 0 Å². The molecule has 1 N–H and O–H groups in total. The third-order valence-electron chi connectivity index (χ3n) is 5.11. The third kappa shape index (κ3) is 4.83. The number of hydrogen-bond donors (Lipinski definition) is 1. The highest BCUT2D eigenvalue weighted by Crippen LogP contribution is 2.41. The number of carbonyl (C=O) groups excluding carboxylic acids is 1. The molecule has 2 heterocycles. The van der Waals surface area contributed by atoms with Crippen molar-refractivity contribution >= 4 is 23.6 Å². The van der Waals surface area contributed by atoms with Crippen molar-refractivity contribution < 1.29 is 4.79 Å². The van der Waals surface area contributed by atoms with Gasteiger partial charge >= 0.3 is 0 Å². The summed E-state index contributed by atoms with van der Waals surface area (Å²) in [6.07, 6.45) is 6.99. The number of nitrogens with one attached hydrogen (secondary N) is 1. The van der Waals surface area contributed by atoms with Gasteiger partial charge in [-0.25, -0.2) is 0 Å². The Bertz CT molecular complexity index is 753. The summed E-state index contributed by atoms with van der Waals surface area (Å²) in [7, 11) is 0. The molecule has 1 amide bonds. The second-order valence-electron chi connectivity index (χ2n) is 7.31. The molecule has 1 aromatic heterocycles. The van der Waals surface area contributed by atoms with Crippen molar-refractivity contribution in [2.75, 3.05) is 30.3 Å². The Hall–Kier alpha value is -2.02. The van der Waals surface area contributed by atoms with Gasteiger partial charge in [-0.15, -0.1) is 10.2 Å². The summed E-state index contributed by atoms with van der Waals surface area (Å²) >= 11 is 1.51. The average Bonchev–Trinajstić information content (AvgIpc) is 3.47. The molecule has 2 fully saturated rings. The van der Waals surface area contributed by atoms with E-state index in [0.29, 0.717) is 18.3 Å². The summed E-state index contributed by atoms with van der Waals surface area (Å²) in [6.45, 7) is 2.79. The van der Waals surface area contributed by atoms with Crippen molar-refractivity contribution in [3.05, 3.63) is 35.9 Å². The highest BCUT2D eigenvalue weighted by Gasteiger charge is 2.32. The van der Waals surface area contributed by atoms with Crippen LogP contribution in [0.4, 0.5) is 5.95 Å². The summed E-state index contributed by atoms with van der Waals surface area (Å²) in [5.41, 5.74) is 1.24. The van der Waals surface area contributed by atoms with E-state index in [2.05, 4.69) is 37.1 Å². The van der Waals surface area contributed by atoms with Crippen LogP contribution in [0, 0.1) is 0 Å². The minimum Gasteiger partial charge on any atom is -0.355 e. The molecule has 2 aromatic rings. The first-order chi connectivity index (χ1) is 13.3. The van der Waals surface area contributed by atoms with Gasteiger partial charge in [-0.1, -0.05) is 42.1 Å². The molecule has 0 unspecified atom stereocenters. The molecule has 4 rings (SSSR count). The largest absolute Gasteiger partial charge is 0.355 e. The van der Waals surface area contributed by atoms with Crippen molar-refractivity contribution in [1.29, 1.82) is 0 Å². The number of hydrogen-bond acceptors (Lipinski definition) is 5. The summed E-state index contributed by atoms with van der Waals surface area (Å²) < 4.78 is 2.27. The molecule has 0 bridgehead atoms. The molecule has 7 heteroatoms. The van der Waals surface area contributed by atoms with Crippen LogP contribution in [-0.2, 0) is 11.2 Å². The summed E-state index contributed by atoms with van der Waals surface area (Å²) in [4.78, 5) is 14.6. The van der Waals surface area contributed by atoms with Crippen molar-refractivity contribution in [3.8, 4) is 0 Å². The van der Waals surface area contributed by atoms with E-state index in [4.69, 9.17) is 0 Å². The van der Waals surface area contributed by atoms with Crippen LogP contribution in [0.2, 0.25) is 0 Å². The Balaban J connectivity index is 1.30. The number of amides is 1. The van der Waals surface area contributed by atoms with E-state index in [1.807, 2.05) is 18.2 Å². The summed E-state index contributed by atoms with van der Waals surface area (Å²) in [6, 6.07) is 10.7. The molecule has 0 atom stereocenters. The molecule has 144 valence electrons.